The molecule has 0 aromatic heterocycles. The van der Waals surface area contributed by atoms with Crippen molar-refractivity contribution in [3.8, 4) is 0 Å². The second-order valence-corrected chi connectivity index (χ2v) is 5.92. The summed E-state index contributed by atoms with van der Waals surface area (Å²) in [7, 11) is -3.27. The lowest BCUT2D eigenvalue weighted by Crippen LogP contribution is -2.49. The Labute approximate surface area is 111 Å². The lowest BCUT2D eigenvalue weighted by Gasteiger charge is -2.32. The maximum atomic E-state index is 11.9. The Hall–Kier alpha value is 0.120. The van der Waals surface area contributed by atoms with Gasteiger partial charge in [0.15, 0.2) is 0 Å². The van der Waals surface area contributed by atoms with Crippen LogP contribution in [-0.2, 0) is 10.2 Å². The molecule has 0 aromatic rings. The largest absolute Gasteiger partial charge is 0.316 e. The third-order valence-electron chi connectivity index (χ3n) is 2.89. The predicted octanol–water partition coefficient (Wildman–Crippen LogP) is 0.726. The summed E-state index contributed by atoms with van der Waals surface area (Å²) in [6.45, 7) is 6.63. The fourth-order valence-corrected chi connectivity index (χ4v) is 3.43. The first kappa shape index (κ1) is 17.1. The summed E-state index contributed by atoms with van der Waals surface area (Å²) < 4.78 is 28.1. The highest BCUT2D eigenvalue weighted by Crippen LogP contribution is 2.18. The minimum absolute atomic E-state index is 0. The lowest BCUT2D eigenvalue weighted by atomic mass is 10.1. The molecule has 1 fully saturated rings. The molecule has 1 saturated heterocycles. The number of piperidine rings is 1. The first-order valence-electron chi connectivity index (χ1n) is 6.05. The molecule has 104 valence electrons. The van der Waals surface area contributed by atoms with Gasteiger partial charge in [0.05, 0.1) is 0 Å². The molecule has 0 bridgehead atoms. The van der Waals surface area contributed by atoms with Gasteiger partial charge >= 0.3 is 0 Å². The summed E-state index contributed by atoms with van der Waals surface area (Å²) in [6.07, 6.45) is 3.07. The van der Waals surface area contributed by atoms with E-state index in [1.165, 1.54) is 0 Å². The van der Waals surface area contributed by atoms with E-state index in [9.17, 15) is 8.42 Å². The van der Waals surface area contributed by atoms with E-state index >= 15 is 0 Å². The van der Waals surface area contributed by atoms with Gasteiger partial charge in [0.25, 0.3) is 10.2 Å². The molecule has 0 radical (unpaired) electrons. The molecule has 0 aromatic carbocycles. The molecule has 17 heavy (non-hydrogen) atoms. The standard InChI is InChI=1S/C10H23N3O2S.ClH/c1-3-11-7-8-12-16(14,15)13-9-5-4-6-10(13)2;/h10-12H,3-9H2,1-2H3;1H. The van der Waals surface area contributed by atoms with Gasteiger partial charge in [-0.15, -0.1) is 12.4 Å². The predicted molar refractivity (Wildman–Crippen MR) is 72.7 cm³/mol. The van der Waals surface area contributed by atoms with E-state index in [1.807, 2.05) is 13.8 Å². The highest BCUT2D eigenvalue weighted by molar-refractivity contribution is 7.87. The second-order valence-electron chi connectivity index (χ2n) is 4.21. The zero-order valence-electron chi connectivity index (χ0n) is 10.6. The van der Waals surface area contributed by atoms with Crippen LogP contribution in [0.2, 0.25) is 0 Å². The van der Waals surface area contributed by atoms with E-state index in [0.29, 0.717) is 19.6 Å². The van der Waals surface area contributed by atoms with E-state index in [2.05, 4.69) is 10.0 Å². The zero-order chi connectivity index (χ0) is 12.0. The van der Waals surface area contributed by atoms with Crippen molar-refractivity contribution in [1.29, 1.82) is 0 Å². The van der Waals surface area contributed by atoms with Gasteiger partial charge in [-0.05, 0) is 26.3 Å². The SMILES string of the molecule is CCNCCNS(=O)(=O)N1CCCCC1C.Cl. The van der Waals surface area contributed by atoms with Crippen LogP contribution in [0.1, 0.15) is 33.1 Å². The third kappa shape index (κ3) is 5.52. The summed E-state index contributed by atoms with van der Waals surface area (Å²) >= 11 is 0. The van der Waals surface area contributed by atoms with Gasteiger partial charge in [0, 0.05) is 25.7 Å². The van der Waals surface area contributed by atoms with Crippen LogP contribution in [0.4, 0.5) is 0 Å². The molecule has 0 saturated carbocycles. The van der Waals surface area contributed by atoms with Gasteiger partial charge in [-0.25, -0.2) is 4.72 Å². The van der Waals surface area contributed by atoms with Crippen molar-refractivity contribution >= 4 is 22.6 Å². The number of hydrogen-bond donors (Lipinski definition) is 2. The van der Waals surface area contributed by atoms with Gasteiger partial charge in [-0.2, -0.15) is 12.7 Å². The fourth-order valence-electron chi connectivity index (χ4n) is 1.96. The van der Waals surface area contributed by atoms with E-state index in [0.717, 1.165) is 25.8 Å². The Bertz CT molecular complexity index is 298. The van der Waals surface area contributed by atoms with Crippen LogP contribution >= 0.6 is 12.4 Å². The van der Waals surface area contributed by atoms with Crippen LogP contribution in [0.5, 0.6) is 0 Å². The number of rotatable bonds is 6. The average Bonchev–Trinajstić information content (AvgIpc) is 2.25. The highest BCUT2D eigenvalue weighted by atomic mass is 35.5. The molecule has 0 amide bonds. The molecule has 1 aliphatic rings. The summed E-state index contributed by atoms with van der Waals surface area (Å²) in [4.78, 5) is 0. The molecule has 2 N–H and O–H groups in total. The molecular weight excluding hydrogens is 262 g/mol. The number of likely N-dealkylation sites (N-methyl/N-ethyl adjacent to an activating group) is 1. The second kappa shape index (κ2) is 8.26. The van der Waals surface area contributed by atoms with Crippen LogP contribution < -0.4 is 10.0 Å². The van der Waals surface area contributed by atoms with Crippen molar-refractivity contribution in [3.63, 3.8) is 0 Å². The van der Waals surface area contributed by atoms with E-state index in [-0.39, 0.29) is 18.4 Å². The van der Waals surface area contributed by atoms with Crippen LogP contribution in [0.15, 0.2) is 0 Å². The third-order valence-corrected chi connectivity index (χ3v) is 4.62. The monoisotopic (exact) mass is 285 g/mol. The van der Waals surface area contributed by atoms with Gasteiger partial charge in [0.2, 0.25) is 0 Å². The molecular formula is C10H24ClN3O2S. The summed E-state index contributed by atoms with van der Waals surface area (Å²) in [5.74, 6) is 0. The Morgan fingerprint density at radius 3 is 2.59 bits per heavy atom. The highest BCUT2D eigenvalue weighted by Gasteiger charge is 2.28. The molecule has 1 rings (SSSR count). The van der Waals surface area contributed by atoms with Crippen LogP contribution in [0, 0.1) is 0 Å². The molecule has 1 atom stereocenters. The smallest absolute Gasteiger partial charge is 0.279 e. The van der Waals surface area contributed by atoms with Gasteiger partial charge in [-0.1, -0.05) is 13.3 Å². The average molecular weight is 286 g/mol. The van der Waals surface area contributed by atoms with Crippen LogP contribution in [-0.4, -0.2) is 44.9 Å². The molecule has 1 heterocycles. The van der Waals surface area contributed by atoms with Crippen molar-refractivity contribution in [2.75, 3.05) is 26.2 Å². The maximum absolute atomic E-state index is 11.9. The number of nitrogens with zero attached hydrogens (tertiary/aromatic N) is 1. The van der Waals surface area contributed by atoms with Gasteiger partial charge < -0.3 is 5.32 Å². The zero-order valence-corrected chi connectivity index (χ0v) is 12.2. The minimum Gasteiger partial charge on any atom is -0.316 e. The normalized spacial score (nSPS) is 22.1. The maximum Gasteiger partial charge on any atom is 0.279 e. The van der Waals surface area contributed by atoms with E-state index in [1.54, 1.807) is 4.31 Å². The van der Waals surface area contributed by atoms with E-state index in [4.69, 9.17) is 0 Å². The molecule has 0 spiro atoms. The van der Waals surface area contributed by atoms with Gasteiger partial charge in [-0.3, -0.25) is 0 Å². The Morgan fingerprint density at radius 1 is 1.29 bits per heavy atom. The summed E-state index contributed by atoms with van der Waals surface area (Å²) in [5.41, 5.74) is 0. The Kier molecular flexibility index (Phi) is 8.32. The van der Waals surface area contributed by atoms with Gasteiger partial charge in [0.1, 0.15) is 0 Å². The molecule has 7 heteroatoms. The Balaban J connectivity index is 0.00000256. The van der Waals surface area contributed by atoms with E-state index < -0.39 is 10.2 Å². The molecule has 0 aliphatic carbocycles. The lowest BCUT2D eigenvalue weighted by molar-refractivity contribution is 0.265. The van der Waals surface area contributed by atoms with Crippen molar-refractivity contribution in [2.45, 2.75) is 39.2 Å². The number of halogens is 1. The molecule has 1 unspecified atom stereocenters. The van der Waals surface area contributed by atoms with Crippen molar-refractivity contribution in [2.24, 2.45) is 0 Å². The molecule has 1 aliphatic heterocycles. The van der Waals surface area contributed by atoms with Crippen LogP contribution in [0.3, 0.4) is 0 Å². The minimum atomic E-state index is -3.27. The topological polar surface area (TPSA) is 61.4 Å². The number of nitrogens with one attached hydrogen (secondary N) is 2. The first-order chi connectivity index (χ1) is 7.58. The van der Waals surface area contributed by atoms with Crippen molar-refractivity contribution in [1.82, 2.24) is 14.3 Å². The summed E-state index contributed by atoms with van der Waals surface area (Å²) in [5, 5.41) is 3.09. The number of hydrogen-bond acceptors (Lipinski definition) is 3. The summed E-state index contributed by atoms with van der Waals surface area (Å²) in [6, 6.07) is 0.130. The van der Waals surface area contributed by atoms with Crippen molar-refractivity contribution < 1.29 is 8.42 Å². The quantitative estimate of drug-likeness (QED) is 0.707. The Morgan fingerprint density at radius 2 is 2.00 bits per heavy atom. The first-order valence-corrected chi connectivity index (χ1v) is 7.49. The fraction of sp³-hybridized carbons (Fsp3) is 1.00. The molecule has 5 nitrogen and oxygen atoms in total. The van der Waals surface area contributed by atoms with Crippen molar-refractivity contribution in [3.05, 3.63) is 0 Å². The van der Waals surface area contributed by atoms with Crippen LogP contribution in [0.25, 0.3) is 0 Å².